The first-order chi connectivity index (χ1) is 66.9. The molecule has 0 aliphatic carbocycles. The van der Waals surface area contributed by atoms with Crippen LogP contribution in [0, 0.1) is 0 Å². The van der Waals surface area contributed by atoms with Gasteiger partial charge < -0.3 is 95.1 Å². The first-order valence-corrected chi connectivity index (χ1v) is 47.4. The molecule has 0 saturated carbocycles. The van der Waals surface area contributed by atoms with Gasteiger partial charge in [0.15, 0.2) is 18.9 Å². The van der Waals surface area contributed by atoms with E-state index >= 15 is 0 Å². The van der Waals surface area contributed by atoms with Gasteiger partial charge in [-0.3, -0.25) is 0 Å². The summed E-state index contributed by atoms with van der Waals surface area (Å²) < 4.78 is 142. The maximum absolute atomic E-state index is 13.9. The third-order valence-electron chi connectivity index (χ3n) is 24.1. The molecule has 4 saturated heterocycles. The molecule has 700 valence electrons. The van der Waals surface area contributed by atoms with Gasteiger partial charge in [-0.1, -0.05) is 394 Å². The third kappa shape index (κ3) is 28.3. The molecule has 4 fully saturated rings. The predicted molar refractivity (Wildman–Crippen MR) is 512 cm³/mol. The number of rotatable bonds is 48. The number of aliphatic hydroxyl groups excluding tert-OH is 1. The number of thioether (sulfide) groups is 1. The third-order valence-corrected chi connectivity index (χ3v) is 25.3. The Labute approximate surface area is 795 Å². The van der Waals surface area contributed by atoms with Gasteiger partial charge in [0.2, 0.25) is 0 Å². The maximum atomic E-state index is 13.9. The molecule has 4 heterocycles. The van der Waals surface area contributed by atoms with Crippen molar-refractivity contribution in [2.24, 2.45) is 0 Å². The summed E-state index contributed by atoms with van der Waals surface area (Å²) in [5.41, 5.74) is 9.80. The number of hydrogen-bond donors (Lipinski definition) is 1. The molecule has 13 aromatic carbocycles. The van der Waals surface area contributed by atoms with Crippen molar-refractivity contribution < 1.29 is 95.1 Å². The maximum Gasteiger partial charge on any atom is 0.187 e. The fourth-order valence-corrected chi connectivity index (χ4v) is 18.3. The molecule has 0 radical (unpaired) electrons. The second-order valence-electron chi connectivity index (χ2n) is 34.0. The standard InChI is InChI=1S/C114H118O20S/c115-99-104(124-74-90-56-30-9-31-57-90)100(120-70-86-48-22-5-23-49-86)95(78-116-66-82-40-14-1-15-41-82)128-111(99)132-108-105(125-75-91-58-32-10-33-59-91)101(121-71-87-50-24-6-25-51-87)96(79-117-67-83-42-16-2-17-43-83)129-112(108)133-109-106(126-76-92-60-34-11-35-61-92)102(122-72-88-52-26-7-27-53-88)97(80-118-68-84-44-18-3-19-45-84)130-113(109)134-110-107(127-77-93-62-36-12-37-63-93)103(123-73-89-54-28-8-29-55-89)98(81-119-69-85-46-20-4-21-47-85)131-114(110)135-94-64-38-13-39-65-94/h1-65,95-115H,66-81H2. The van der Waals surface area contributed by atoms with E-state index in [0.29, 0.717) is 0 Å². The Balaban J connectivity index is 0.846. The monoisotopic (exact) mass is 1840 g/mol. The molecule has 13 aromatic rings. The molecule has 0 amide bonds. The molecule has 4 aliphatic heterocycles. The van der Waals surface area contributed by atoms with E-state index in [4.69, 9.17) is 90.0 Å². The molecule has 17 rings (SSSR count). The summed E-state index contributed by atoms with van der Waals surface area (Å²) in [5.74, 6) is 0. The van der Waals surface area contributed by atoms with E-state index in [1.54, 1.807) is 0 Å². The first kappa shape index (κ1) is 96.1. The average Bonchev–Trinajstić information content (AvgIpc) is 0.753. The quantitative estimate of drug-likeness (QED) is 0.0378. The molecule has 20 nitrogen and oxygen atoms in total. The summed E-state index contributed by atoms with van der Waals surface area (Å²) in [5, 5.41) is 13.9. The molecule has 0 spiro atoms. The zero-order chi connectivity index (χ0) is 91.5. The van der Waals surface area contributed by atoms with Gasteiger partial charge in [0.05, 0.1) is 106 Å². The van der Waals surface area contributed by atoms with Crippen molar-refractivity contribution in [2.75, 3.05) is 26.4 Å². The second kappa shape index (κ2) is 51.5. The highest BCUT2D eigenvalue weighted by Crippen LogP contribution is 2.44. The molecule has 0 bridgehead atoms. The van der Waals surface area contributed by atoms with Crippen LogP contribution in [0.3, 0.4) is 0 Å². The van der Waals surface area contributed by atoms with Crippen LogP contribution in [0.4, 0.5) is 0 Å². The van der Waals surface area contributed by atoms with Gasteiger partial charge in [0.25, 0.3) is 0 Å². The van der Waals surface area contributed by atoms with E-state index in [1.165, 1.54) is 11.8 Å². The molecule has 20 atom stereocenters. The minimum Gasteiger partial charge on any atom is -0.385 e. The molecular weight excluding hydrogens is 1720 g/mol. The molecular formula is C114H118O20S. The Morgan fingerprint density at radius 1 is 0.185 bits per heavy atom. The van der Waals surface area contributed by atoms with Crippen LogP contribution in [0.1, 0.15) is 66.8 Å². The molecule has 0 aromatic heterocycles. The lowest BCUT2D eigenvalue weighted by Gasteiger charge is -2.52. The molecule has 1 N–H and O–H groups in total. The topological polar surface area (TPSA) is 196 Å². The zero-order valence-corrected chi connectivity index (χ0v) is 76.3. The molecule has 4 aliphatic rings. The van der Waals surface area contributed by atoms with Crippen molar-refractivity contribution in [3.63, 3.8) is 0 Å². The van der Waals surface area contributed by atoms with E-state index in [1.807, 2.05) is 394 Å². The van der Waals surface area contributed by atoms with Crippen LogP contribution in [-0.2, 0) is 169 Å². The van der Waals surface area contributed by atoms with Crippen molar-refractivity contribution in [1.29, 1.82) is 0 Å². The van der Waals surface area contributed by atoms with Crippen molar-refractivity contribution in [3.8, 4) is 0 Å². The lowest BCUT2D eigenvalue weighted by molar-refractivity contribution is -0.410. The summed E-state index contributed by atoms with van der Waals surface area (Å²) in [4.78, 5) is 0.870. The van der Waals surface area contributed by atoms with Gasteiger partial charge in [0.1, 0.15) is 103 Å². The summed E-state index contributed by atoms with van der Waals surface area (Å²) in [6.07, 6.45) is -22.9. The van der Waals surface area contributed by atoms with Crippen LogP contribution in [0.25, 0.3) is 0 Å². The van der Waals surface area contributed by atoms with Crippen molar-refractivity contribution in [3.05, 3.63) is 461 Å². The minimum absolute atomic E-state index is 0.0165. The van der Waals surface area contributed by atoms with Crippen LogP contribution in [-0.4, -0.2) is 154 Å². The lowest BCUT2D eigenvalue weighted by Crippen LogP contribution is -2.69. The number of ether oxygens (including phenoxy) is 19. The molecule has 21 heteroatoms. The van der Waals surface area contributed by atoms with Crippen LogP contribution in [0.2, 0.25) is 0 Å². The fraction of sp³-hybridized carbons (Fsp3) is 0.316. The summed E-state index contributed by atoms with van der Waals surface area (Å²) in [7, 11) is 0. The van der Waals surface area contributed by atoms with Crippen LogP contribution in [0.5, 0.6) is 0 Å². The number of benzene rings is 13. The predicted octanol–water partition coefficient (Wildman–Crippen LogP) is 19.7. The zero-order valence-electron chi connectivity index (χ0n) is 75.5. The Bertz CT molecular complexity index is 5430. The van der Waals surface area contributed by atoms with Gasteiger partial charge in [-0.2, -0.15) is 0 Å². The Kier molecular flexibility index (Phi) is 36.7. The largest absolute Gasteiger partial charge is 0.385 e. The Morgan fingerprint density at radius 2 is 0.370 bits per heavy atom. The van der Waals surface area contributed by atoms with Gasteiger partial charge in [-0.15, -0.1) is 0 Å². The smallest absolute Gasteiger partial charge is 0.187 e. The number of aliphatic hydroxyl groups is 1. The summed E-state index contributed by atoms with van der Waals surface area (Å²) in [6.45, 7) is 1.47. The normalized spacial score (nSPS) is 25.2. The highest BCUT2D eigenvalue weighted by Gasteiger charge is 2.60. The fourth-order valence-electron chi connectivity index (χ4n) is 17.2. The minimum atomic E-state index is -1.63. The van der Waals surface area contributed by atoms with E-state index in [0.717, 1.165) is 71.7 Å². The summed E-state index contributed by atoms with van der Waals surface area (Å²) >= 11 is 1.47. The van der Waals surface area contributed by atoms with Crippen molar-refractivity contribution in [1.82, 2.24) is 0 Å². The van der Waals surface area contributed by atoms with Crippen LogP contribution in [0.15, 0.2) is 399 Å². The first-order valence-electron chi connectivity index (χ1n) is 46.6. The van der Waals surface area contributed by atoms with Crippen molar-refractivity contribution in [2.45, 2.75) is 206 Å². The second-order valence-corrected chi connectivity index (χ2v) is 35.2. The van der Waals surface area contributed by atoms with Gasteiger partial charge >= 0.3 is 0 Å². The van der Waals surface area contributed by atoms with E-state index in [9.17, 15) is 5.11 Å². The highest BCUT2D eigenvalue weighted by molar-refractivity contribution is 7.99. The van der Waals surface area contributed by atoms with Crippen molar-refractivity contribution >= 4 is 11.8 Å². The van der Waals surface area contributed by atoms with E-state index < -0.39 is 122 Å². The van der Waals surface area contributed by atoms with E-state index in [-0.39, 0.29) is 106 Å². The summed E-state index contributed by atoms with van der Waals surface area (Å²) in [6, 6.07) is 130. The number of hydrogen-bond acceptors (Lipinski definition) is 21. The van der Waals surface area contributed by atoms with E-state index in [2.05, 4.69) is 0 Å². The SMILES string of the molecule is OC1C(OC2C(OC3C(OC4C(Sc5ccccc5)OC(COCc5ccccc5)C(OCc5ccccc5)C4OCc4ccccc4)OC(COCc4ccccc4)C(OCc4ccccc4)C3OCc3ccccc3)OC(COCc3ccccc3)C(OCc3ccccc3)C2OCc2ccccc2)OC(COCc2ccccc2)C(OCc2ccccc2)C1OCc1ccccc1. The Morgan fingerprint density at radius 3 is 0.630 bits per heavy atom. The lowest BCUT2D eigenvalue weighted by atomic mass is 9.95. The van der Waals surface area contributed by atoms with Crippen LogP contribution < -0.4 is 0 Å². The van der Waals surface area contributed by atoms with Gasteiger partial charge in [0, 0.05) is 4.90 Å². The average molecular weight is 1840 g/mol. The molecule has 20 unspecified atom stereocenters. The highest BCUT2D eigenvalue weighted by atomic mass is 32.2. The molecule has 135 heavy (non-hydrogen) atoms. The Hall–Kier alpha value is -10.6. The van der Waals surface area contributed by atoms with Gasteiger partial charge in [-0.05, 0) is 78.9 Å². The van der Waals surface area contributed by atoms with Crippen LogP contribution >= 0.6 is 11.8 Å². The van der Waals surface area contributed by atoms with Gasteiger partial charge in [-0.25, -0.2) is 0 Å².